The maximum atomic E-state index is 12.6. The molecular weight excluding hydrogens is 332 g/mol. The van der Waals surface area contributed by atoms with Crippen LogP contribution in [-0.4, -0.2) is 21.8 Å². The van der Waals surface area contributed by atoms with Crippen LogP contribution in [0.5, 0.6) is 0 Å². The molecule has 5 rings (SSSR count). The van der Waals surface area contributed by atoms with Crippen molar-refractivity contribution in [1.82, 2.24) is 0 Å². The van der Waals surface area contributed by atoms with Crippen molar-refractivity contribution in [2.75, 3.05) is 5.32 Å². The molecule has 0 aliphatic heterocycles. The van der Waals surface area contributed by atoms with Gasteiger partial charge in [-0.15, -0.1) is 11.8 Å². The Balaban J connectivity index is 1.38. The van der Waals surface area contributed by atoms with Crippen LogP contribution < -0.4 is 11.1 Å². The van der Waals surface area contributed by atoms with E-state index in [1.165, 1.54) is 38.5 Å². The normalized spacial score (nSPS) is 33.9. The second-order valence-corrected chi connectivity index (χ2v) is 10.1. The first-order chi connectivity index (χ1) is 11.9. The zero-order valence-electron chi connectivity index (χ0n) is 14.7. The average molecular weight is 359 g/mol. The number of primary amides is 1. The van der Waals surface area contributed by atoms with E-state index < -0.39 is 5.91 Å². The Morgan fingerprint density at radius 2 is 1.60 bits per heavy atom. The van der Waals surface area contributed by atoms with Gasteiger partial charge in [0.25, 0.3) is 0 Å². The highest BCUT2D eigenvalue weighted by Gasteiger charge is 2.52. The van der Waals surface area contributed by atoms with E-state index in [4.69, 9.17) is 5.73 Å². The van der Waals surface area contributed by atoms with Crippen LogP contribution in [0.25, 0.3) is 0 Å². The Bertz CT molecular complexity index is 650. The summed E-state index contributed by atoms with van der Waals surface area (Å²) in [4.78, 5) is 23.8. The minimum Gasteiger partial charge on any atom is -0.366 e. The number of rotatable bonds is 5. The van der Waals surface area contributed by atoms with Gasteiger partial charge in [0, 0.05) is 16.0 Å². The Hall–Kier alpha value is -1.49. The first kappa shape index (κ1) is 17.0. The van der Waals surface area contributed by atoms with Gasteiger partial charge in [-0.05, 0) is 87.5 Å². The standard InChI is InChI=1S/C20H26N2O2S/c1-12(19(24)22-17-4-2-16(3-5-17)18(21)23)25-20-9-13-6-14(10-20)8-15(7-13)11-20/h2-5,12-15H,6-11H2,1H3,(H2,21,23)(H,22,24)/t12-,13?,14?,15?,20?/m0/s1. The molecule has 1 aromatic rings. The number of hydrogen-bond donors (Lipinski definition) is 2. The van der Waals surface area contributed by atoms with Crippen LogP contribution in [0.2, 0.25) is 0 Å². The molecule has 1 aromatic carbocycles. The van der Waals surface area contributed by atoms with Crippen molar-refractivity contribution in [2.45, 2.75) is 55.4 Å². The van der Waals surface area contributed by atoms with Gasteiger partial charge in [-0.1, -0.05) is 0 Å². The summed E-state index contributed by atoms with van der Waals surface area (Å²) in [7, 11) is 0. The molecule has 1 atom stereocenters. The molecule has 4 saturated carbocycles. The van der Waals surface area contributed by atoms with Gasteiger partial charge >= 0.3 is 0 Å². The summed E-state index contributed by atoms with van der Waals surface area (Å²) in [5.74, 6) is 2.29. The first-order valence-electron chi connectivity index (χ1n) is 9.31. The molecule has 0 saturated heterocycles. The van der Waals surface area contributed by atoms with Gasteiger partial charge in [-0.3, -0.25) is 9.59 Å². The van der Waals surface area contributed by atoms with Gasteiger partial charge in [-0.25, -0.2) is 0 Å². The molecule has 0 unspecified atom stereocenters. The molecule has 25 heavy (non-hydrogen) atoms. The van der Waals surface area contributed by atoms with E-state index in [2.05, 4.69) is 5.32 Å². The lowest BCUT2D eigenvalue weighted by molar-refractivity contribution is -0.115. The number of carbonyl (C=O) groups excluding carboxylic acids is 2. The molecule has 0 radical (unpaired) electrons. The second kappa shape index (κ2) is 6.35. The summed E-state index contributed by atoms with van der Waals surface area (Å²) in [5.41, 5.74) is 6.42. The van der Waals surface area contributed by atoms with Crippen LogP contribution in [0.3, 0.4) is 0 Å². The summed E-state index contributed by atoms with van der Waals surface area (Å²) in [6.45, 7) is 2.02. The number of nitrogens with one attached hydrogen (secondary N) is 1. The number of thioether (sulfide) groups is 1. The highest BCUT2D eigenvalue weighted by Crippen LogP contribution is 2.61. The van der Waals surface area contributed by atoms with E-state index in [1.807, 2.05) is 18.7 Å². The fourth-order valence-electron chi connectivity index (χ4n) is 5.57. The third-order valence-corrected chi connectivity index (χ3v) is 7.78. The van der Waals surface area contributed by atoms with Gasteiger partial charge in [0.05, 0.1) is 5.25 Å². The van der Waals surface area contributed by atoms with Crippen LogP contribution in [0, 0.1) is 17.8 Å². The summed E-state index contributed by atoms with van der Waals surface area (Å²) >= 11 is 1.91. The minimum atomic E-state index is -0.455. The van der Waals surface area contributed by atoms with Crippen molar-refractivity contribution in [3.8, 4) is 0 Å². The minimum absolute atomic E-state index is 0.0487. The lowest BCUT2D eigenvalue weighted by atomic mass is 9.56. The van der Waals surface area contributed by atoms with Gasteiger partial charge in [0.1, 0.15) is 0 Å². The zero-order valence-corrected chi connectivity index (χ0v) is 15.5. The molecule has 4 aliphatic carbocycles. The molecule has 3 N–H and O–H groups in total. The first-order valence-corrected chi connectivity index (χ1v) is 10.2. The van der Waals surface area contributed by atoms with Crippen LogP contribution >= 0.6 is 11.8 Å². The molecule has 2 amide bonds. The predicted molar refractivity (Wildman–Crippen MR) is 102 cm³/mol. The smallest absolute Gasteiger partial charge is 0.248 e. The van der Waals surface area contributed by atoms with Crippen molar-refractivity contribution < 1.29 is 9.59 Å². The van der Waals surface area contributed by atoms with Gasteiger partial charge in [0.2, 0.25) is 11.8 Å². The van der Waals surface area contributed by atoms with Crippen molar-refractivity contribution >= 4 is 29.3 Å². The number of anilines is 1. The second-order valence-electron chi connectivity index (χ2n) is 8.29. The lowest BCUT2D eigenvalue weighted by Gasteiger charge is -2.57. The molecule has 4 bridgehead atoms. The van der Waals surface area contributed by atoms with Gasteiger partial charge in [0.15, 0.2) is 0 Å². The summed E-state index contributed by atoms with van der Waals surface area (Å²) in [6.07, 6.45) is 8.17. The third-order valence-electron chi connectivity index (χ3n) is 6.22. The summed E-state index contributed by atoms with van der Waals surface area (Å²) < 4.78 is 0.335. The van der Waals surface area contributed by atoms with Crippen LogP contribution in [-0.2, 0) is 4.79 Å². The van der Waals surface area contributed by atoms with Gasteiger partial charge < -0.3 is 11.1 Å². The highest BCUT2D eigenvalue weighted by molar-refractivity contribution is 8.01. The fourth-order valence-corrected chi connectivity index (χ4v) is 7.48. The maximum absolute atomic E-state index is 12.6. The van der Waals surface area contributed by atoms with Crippen molar-refractivity contribution in [3.63, 3.8) is 0 Å². The Morgan fingerprint density at radius 1 is 1.08 bits per heavy atom. The molecule has 0 spiro atoms. The number of benzene rings is 1. The largest absolute Gasteiger partial charge is 0.366 e. The van der Waals surface area contributed by atoms with E-state index in [-0.39, 0.29) is 11.2 Å². The number of hydrogen-bond acceptors (Lipinski definition) is 3. The third kappa shape index (κ3) is 3.43. The molecular formula is C20H26N2O2S. The van der Waals surface area contributed by atoms with Crippen molar-refractivity contribution in [2.24, 2.45) is 23.5 Å². The summed E-state index contributed by atoms with van der Waals surface area (Å²) in [6, 6.07) is 6.77. The quantitative estimate of drug-likeness (QED) is 0.840. The molecule has 4 fully saturated rings. The lowest BCUT2D eigenvalue weighted by Crippen LogP contribution is -2.49. The van der Waals surface area contributed by atoms with Crippen molar-refractivity contribution in [1.29, 1.82) is 0 Å². The predicted octanol–water partition coefficient (Wildman–Crippen LogP) is 3.81. The Kier molecular flexibility index (Phi) is 4.30. The fraction of sp³-hybridized carbons (Fsp3) is 0.600. The van der Waals surface area contributed by atoms with E-state index in [9.17, 15) is 9.59 Å². The van der Waals surface area contributed by atoms with E-state index >= 15 is 0 Å². The molecule has 134 valence electrons. The topological polar surface area (TPSA) is 72.2 Å². The maximum Gasteiger partial charge on any atom is 0.248 e. The number of amides is 2. The summed E-state index contributed by atoms with van der Waals surface area (Å²) in [5, 5.41) is 2.92. The van der Waals surface area contributed by atoms with E-state index in [1.54, 1.807) is 24.3 Å². The van der Waals surface area contributed by atoms with Crippen LogP contribution in [0.4, 0.5) is 5.69 Å². The Morgan fingerprint density at radius 3 is 2.08 bits per heavy atom. The molecule has 4 nitrogen and oxygen atoms in total. The molecule has 0 heterocycles. The highest BCUT2D eigenvalue weighted by atomic mass is 32.2. The van der Waals surface area contributed by atoms with E-state index in [0.29, 0.717) is 16.0 Å². The SMILES string of the molecule is C[C@H](SC12CC3CC(CC(C3)C1)C2)C(=O)Nc1ccc(C(N)=O)cc1. The number of nitrogens with two attached hydrogens (primary N) is 1. The van der Waals surface area contributed by atoms with Gasteiger partial charge in [-0.2, -0.15) is 0 Å². The average Bonchev–Trinajstić information content (AvgIpc) is 2.53. The van der Waals surface area contributed by atoms with Crippen LogP contribution in [0.1, 0.15) is 55.8 Å². The van der Waals surface area contributed by atoms with Crippen LogP contribution in [0.15, 0.2) is 24.3 Å². The monoisotopic (exact) mass is 358 g/mol. The molecule has 0 aromatic heterocycles. The molecule has 4 aliphatic rings. The molecule has 5 heteroatoms. The zero-order chi connectivity index (χ0) is 17.6. The number of carbonyl (C=O) groups is 2. The van der Waals surface area contributed by atoms with E-state index in [0.717, 1.165) is 17.8 Å². The van der Waals surface area contributed by atoms with Crippen molar-refractivity contribution in [3.05, 3.63) is 29.8 Å². The Labute approximate surface area is 153 Å².